The molecule has 0 aromatic heterocycles. The van der Waals surface area contributed by atoms with E-state index in [0.717, 1.165) is 28.8 Å². The molecular formula is C25H24ClF3N2O3S. The van der Waals surface area contributed by atoms with Gasteiger partial charge in [-0.2, -0.15) is 13.2 Å². The molecule has 3 aromatic carbocycles. The van der Waals surface area contributed by atoms with Gasteiger partial charge < -0.3 is 5.32 Å². The number of rotatable bonds is 7. The number of amides is 1. The van der Waals surface area contributed by atoms with Gasteiger partial charge in [0.2, 0.25) is 5.91 Å². The fourth-order valence-corrected chi connectivity index (χ4v) is 5.03. The Bertz CT molecular complexity index is 1310. The molecule has 3 rings (SSSR count). The van der Waals surface area contributed by atoms with Crippen molar-refractivity contribution in [2.24, 2.45) is 0 Å². The predicted octanol–water partition coefficient (Wildman–Crippen LogP) is 6.05. The van der Waals surface area contributed by atoms with Crippen LogP contribution >= 0.6 is 11.6 Å². The minimum absolute atomic E-state index is 0.161. The Balaban J connectivity index is 1.99. The van der Waals surface area contributed by atoms with Gasteiger partial charge in [0, 0.05) is 0 Å². The molecule has 0 saturated heterocycles. The number of nitrogens with one attached hydrogen (secondary N) is 1. The van der Waals surface area contributed by atoms with E-state index in [4.69, 9.17) is 11.6 Å². The Morgan fingerprint density at radius 3 is 2.06 bits per heavy atom. The van der Waals surface area contributed by atoms with Crippen molar-refractivity contribution in [2.75, 3.05) is 10.8 Å². The van der Waals surface area contributed by atoms with E-state index in [1.54, 1.807) is 26.0 Å². The summed E-state index contributed by atoms with van der Waals surface area (Å²) in [6.07, 6.45) is -4.81. The fraction of sp³-hybridized carbons (Fsp3) is 0.240. The van der Waals surface area contributed by atoms with Crippen LogP contribution in [0.4, 0.5) is 18.9 Å². The van der Waals surface area contributed by atoms with Crippen LogP contribution in [0.15, 0.2) is 71.6 Å². The molecule has 0 aliphatic heterocycles. The van der Waals surface area contributed by atoms with Gasteiger partial charge in [-0.1, -0.05) is 59.1 Å². The zero-order valence-corrected chi connectivity index (χ0v) is 20.8. The second kappa shape index (κ2) is 10.3. The molecule has 0 spiro atoms. The van der Waals surface area contributed by atoms with E-state index in [-0.39, 0.29) is 10.6 Å². The third-order valence-electron chi connectivity index (χ3n) is 5.39. The van der Waals surface area contributed by atoms with Crippen LogP contribution in [0.5, 0.6) is 0 Å². The predicted molar refractivity (Wildman–Crippen MR) is 130 cm³/mol. The molecule has 0 radical (unpaired) electrons. The molecule has 0 unspecified atom stereocenters. The molecule has 3 aromatic rings. The summed E-state index contributed by atoms with van der Waals surface area (Å²) in [5.41, 5.74) is 1.09. The lowest BCUT2D eigenvalue weighted by Gasteiger charge is -2.26. The molecule has 0 bridgehead atoms. The van der Waals surface area contributed by atoms with Crippen molar-refractivity contribution in [3.8, 4) is 0 Å². The average molecular weight is 525 g/mol. The molecule has 1 amide bonds. The first-order valence-electron chi connectivity index (χ1n) is 10.6. The van der Waals surface area contributed by atoms with Gasteiger partial charge in [-0.15, -0.1) is 0 Å². The summed E-state index contributed by atoms with van der Waals surface area (Å²) in [5, 5.41) is 2.13. The monoisotopic (exact) mass is 524 g/mol. The zero-order chi connectivity index (χ0) is 26.0. The second-order valence-corrected chi connectivity index (χ2v) is 10.5. The highest BCUT2D eigenvalue weighted by atomic mass is 35.5. The van der Waals surface area contributed by atoms with Crippen LogP contribution in [0, 0.1) is 13.8 Å². The minimum Gasteiger partial charge on any atom is -0.348 e. The van der Waals surface area contributed by atoms with Crippen molar-refractivity contribution in [3.05, 3.63) is 94.0 Å². The lowest BCUT2D eigenvalue weighted by molar-refractivity contribution is -0.137. The topological polar surface area (TPSA) is 66.5 Å². The fourth-order valence-electron chi connectivity index (χ4n) is 3.39. The average Bonchev–Trinajstić information content (AvgIpc) is 2.78. The van der Waals surface area contributed by atoms with E-state index >= 15 is 0 Å². The van der Waals surface area contributed by atoms with E-state index in [1.165, 1.54) is 12.1 Å². The quantitative estimate of drug-likeness (QED) is 0.409. The normalized spacial score (nSPS) is 12.8. The largest absolute Gasteiger partial charge is 0.417 e. The molecule has 186 valence electrons. The van der Waals surface area contributed by atoms with E-state index < -0.39 is 45.3 Å². The number of aryl methyl sites for hydroxylation is 2. The standard InChI is InChI=1S/C25H24ClF3N2O3S/c1-16-4-8-19(9-5-16)18(3)30-24(32)15-31(35(33,34)21-11-6-17(2)7-12-21)20-10-13-23(26)22(14-20)25(27,28)29/h4-14,18H,15H2,1-3H3,(H,30,32)/t18-/m1/s1. The van der Waals surface area contributed by atoms with Gasteiger partial charge in [0.05, 0.1) is 27.2 Å². The van der Waals surface area contributed by atoms with Gasteiger partial charge in [0.25, 0.3) is 10.0 Å². The summed E-state index contributed by atoms with van der Waals surface area (Å²) in [6.45, 7) is 4.68. The number of alkyl halides is 3. The van der Waals surface area contributed by atoms with Gasteiger partial charge in [-0.05, 0) is 56.7 Å². The SMILES string of the molecule is Cc1ccc([C@@H](C)NC(=O)CN(c2ccc(Cl)c(C(F)(F)F)c2)S(=O)(=O)c2ccc(C)cc2)cc1. The van der Waals surface area contributed by atoms with Crippen LogP contribution in [0.2, 0.25) is 5.02 Å². The molecule has 0 heterocycles. The molecule has 0 saturated carbocycles. The van der Waals surface area contributed by atoms with E-state index in [2.05, 4.69) is 5.32 Å². The van der Waals surface area contributed by atoms with Gasteiger partial charge >= 0.3 is 6.18 Å². The van der Waals surface area contributed by atoms with Crippen LogP contribution in [0.3, 0.4) is 0 Å². The number of sulfonamides is 1. The number of carbonyl (C=O) groups excluding carboxylic acids is 1. The second-order valence-electron chi connectivity index (χ2n) is 8.19. The summed E-state index contributed by atoms with van der Waals surface area (Å²) >= 11 is 5.72. The van der Waals surface area contributed by atoms with Crippen molar-refractivity contribution < 1.29 is 26.4 Å². The lowest BCUT2D eigenvalue weighted by Crippen LogP contribution is -2.41. The molecule has 35 heavy (non-hydrogen) atoms. The van der Waals surface area contributed by atoms with Crippen LogP contribution in [-0.4, -0.2) is 20.9 Å². The third kappa shape index (κ3) is 6.35. The van der Waals surface area contributed by atoms with Crippen LogP contribution < -0.4 is 9.62 Å². The minimum atomic E-state index is -4.81. The molecule has 10 heteroatoms. The van der Waals surface area contributed by atoms with E-state index in [9.17, 15) is 26.4 Å². The Morgan fingerprint density at radius 1 is 0.971 bits per heavy atom. The van der Waals surface area contributed by atoms with Crippen LogP contribution in [-0.2, 0) is 21.0 Å². The molecular weight excluding hydrogens is 501 g/mol. The summed E-state index contributed by atoms with van der Waals surface area (Å²) in [6, 6.07) is 15.5. The highest BCUT2D eigenvalue weighted by Crippen LogP contribution is 2.38. The zero-order valence-electron chi connectivity index (χ0n) is 19.2. The van der Waals surface area contributed by atoms with Gasteiger partial charge in [-0.3, -0.25) is 9.10 Å². The molecule has 1 atom stereocenters. The van der Waals surface area contributed by atoms with E-state index in [0.29, 0.717) is 10.4 Å². The molecule has 0 fully saturated rings. The van der Waals surface area contributed by atoms with Gasteiger partial charge in [0.1, 0.15) is 6.54 Å². The van der Waals surface area contributed by atoms with Crippen molar-refractivity contribution in [1.29, 1.82) is 0 Å². The first-order valence-corrected chi connectivity index (χ1v) is 12.4. The van der Waals surface area contributed by atoms with Gasteiger partial charge in [-0.25, -0.2) is 8.42 Å². The Kier molecular flexibility index (Phi) is 7.81. The summed E-state index contributed by atoms with van der Waals surface area (Å²) in [7, 11) is -4.39. The molecule has 0 aliphatic rings. The van der Waals surface area contributed by atoms with Crippen molar-refractivity contribution >= 4 is 33.2 Å². The third-order valence-corrected chi connectivity index (χ3v) is 7.51. The van der Waals surface area contributed by atoms with E-state index in [1.807, 2.05) is 31.2 Å². The molecule has 1 N–H and O–H groups in total. The summed E-state index contributed by atoms with van der Waals surface area (Å²) in [5.74, 6) is -0.683. The van der Waals surface area contributed by atoms with Crippen LogP contribution in [0.1, 0.15) is 35.2 Å². The van der Waals surface area contributed by atoms with Crippen molar-refractivity contribution in [2.45, 2.75) is 37.9 Å². The Morgan fingerprint density at radius 2 is 1.51 bits per heavy atom. The number of hydrogen-bond donors (Lipinski definition) is 1. The molecule has 0 aliphatic carbocycles. The number of nitrogens with zero attached hydrogens (tertiary/aromatic N) is 1. The Hall–Kier alpha value is -3.04. The smallest absolute Gasteiger partial charge is 0.348 e. The Labute approximate surface area is 207 Å². The molecule has 5 nitrogen and oxygen atoms in total. The van der Waals surface area contributed by atoms with Crippen molar-refractivity contribution in [3.63, 3.8) is 0 Å². The maximum atomic E-state index is 13.5. The summed E-state index contributed by atoms with van der Waals surface area (Å²) in [4.78, 5) is 12.7. The van der Waals surface area contributed by atoms with Crippen LogP contribution in [0.25, 0.3) is 0 Å². The maximum absolute atomic E-state index is 13.5. The summed E-state index contributed by atoms with van der Waals surface area (Å²) < 4.78 is 68.0. The number of anilines is 1. The first-order chi connectivity index (χ1) is 16.3. The number of halogens is 4. The number of carbonyl (C=O) groups is 1. The highest BCUT2D eigenvalue weighted by molar-refractivity contribution is 7.92. The highest BCUT2D eigenvalue weighted by Gasteiger charge is 2.35. The number of hydrogen-bond acceptors (Lipinski definition) is 3. The number of benzene rings is 3. The van der Waals surface area contributed by atoms with Gasteiger partial charge in [0.15, 0.2) is 0 Å². The maximum Gasteiger partial charge on any atom is 0.417 e. The van der Waals surface area contributed by atoms with Crippen molar-refractivity contribution in [1.82, 2.24) is 5.32 Å². The lowest BCUT2D eigenvalue weighted by atomic mass is 10.1. The first kappa shape index (κ1) is 26.6.